The van der Waals surface area contributed by atoms with E-state index in [4.69, 9.17) is 5.73 Å². The smallest absolute Gasteiger partial charge is 0.240 e. The van der Waals surface area contributed by atoms with Gasteiger partial charge in [0.15, 0.2) is 5.82 Å². The second-order valence-electron chi connectivity index (χ2n) is 7.83. The quantitative estimate of drug-likeness (QED) is 0.523. The Labute approximate surface area is 170 Å². The summed E-state index contributed by atoms with van der Waals surface area (Å²) in [5.74, 6) is 0.450. The maximum absolute atomic E-state index is 12.8. The molecule has 0 spiro atoms. The van der Waals surface area contributed by atoms with Gasteiger partial charge in [-0.3, -0.25) is 5.10 Å². The van der Waals surface area contributed by atoms with E-state index in [9.17, 15) is 13.5 Å². The van der Waals surface area contributed by atoms with Crippen molar-refractivity contribution in [2.45, 2.75) is 56.6 Å². The molecule has 2 aromatic carbocycles. The molecule has 4 rings (SSSR count). The lowest BCUT2D eigenvalue weighted by Gasteiger charge is -2.28. The van der Waals surface area contributed by atoms with Crippen LogP contribution in [0.15, 0.2) is 35.2 Å². The highest BCUT2D eigenvalue weighted by molar-refractivity contribution is 7.89. The first-order valence-electron chi connectivity index (χ1n) is 9.82. The van der Waals surface area contributed by atoms with Crippen molar-refractivity contribution in [2.75, 3.05) is 5.73 Å². The van der Waals surface area contributed by atoms with Crippen molar-refractivity contribution in [3.8, 4) is 11.1 Å². The number of sulfonamides is 1. The van der Waals surface area contributed by atoms with Crippen LogP contribution in [-0.2, 0) is 10.0 Å². The maximum atomic E-state index is 12.8. The number of aromatic amines is 1. The SMILES string of the molecule is Cc1cc(S(=O)(=O)N[C@@H]2CCCC[C@H]2O)ccc1-c1ccc2[nH]nc(N)c2c1C. The van der Waals surface area contributed by atoms with Gasteiger partial charge in [-0.15, -0.1) is 0 Å². The van der Waals surface area contributed by atoms with Gasteiger partial charge in [0.05, 0.1) is 16.5 Å². The summed E-state index contributed by atoms with van der Waals surface area (Å²) >= 11 is 0. The highest BCUT2D eigenvalue weighted by atomic mass is 32.2. The van der Waals surface area contributed by atoms with E-state index >= 15 is 0 Å². The van der Waals surface area contributed by atoms with E-state index in [-0.39, 0.29) is 4.90 Å². The van der Waals surface area contributed by atoms with Crippen molar-refractivity contribution < 1.29 is 13.5 Å². The number of rotatable bonds is 4. The lowest BCUT2D eigenvalue weighted by atomic mass is 9.93. The van der Waals surface area contributed by atoms with Crippen molar-refractivity contribution in [3.05, 3.63) is 41.5 Å². The number of aromatic nitrogens is 2. The number of hydrogen-bond acceptors (Lipinski definition) is 5. The number of fused-ring (bicyclic) bond motifs is 1. The number of hydrogen-bond donors (Lipinski definition) is 4. The average Bonchev–Trinajstić information content (AvgIpc) is 3.06. The third kappa shape index (κ3) is 3.63. The number of anilines is 1. The summed E-state index contributed by atoms with van der Waals surface area (Å²) < 4.78 is 28.4. The van der Waals surface area contributed by atoms with E-state index < -0.39 is 22.2 Å². The van der Waals surface area contributed by atoms with Gasteiger partial charge in [0, 0.05) is 11.4 Å². The first kappa shape index (κ1) is 19.9. The number of nitrogens with zero attached hydrogens (tertiary/aromatic N) is 1. The average molecular weight is 415 g/mol. The minimum Gasteiger partial charge on any atom is -0.391 e. The highest BCUT2D eigenvalue weighted by Gasteiger charge is 2.28. The zero-order valence-electron chi connectivity index (χ0n) is 16.6. The summed E-state index contributed by atoms with van der Waals surface area (Å²) in [6.07, 6.45) is 2.50. The predicted octanol–water partition coefficient (Wildman–Crippen LogP) is 3.01. The molecule has 2 atom stereocenters. The van der Waals surface area contributed by atoms with Crippen molar-refractivity contribution in [2.24, 2.45) is 0 Å². The predicted molar refractivity (Wildman–Crippen MR) is 114 cm³/mol. The van der Waals surface area contributed by atoms with Crippen LogP contribution >= 0.6 is 0 Å². The molecule has 1 heterocycles. The summed E-state index contributed by atoms with van der Waals surface area (Å²) in [7, 11) is -3.70. The van der Waals surface area contributed by atoms with Crippen LogP contribution in [0.5, 0.6) is 0 Å². The summed E-state index contributed by atoms with van der Waals surface area (Å²) in [5, 5.41) is 18.0. The lowest BCUT2D eigenvalue weighted by Crippen LogP contribution is -2.44. The summed E-state index contributed by atoms with van der Waals surface area (Å²) in [6.45, 7) is 3.88. The van der Waals surface area contributed by atoms with Gasteiger partial charge in [-0.05, 0) is 67.1 Å². The van der Waals surface area contributed by atoms with Crippen LogP contribution in [0.1, 0.15) is 36.8 Å². The fraction of sp³-hybridized carbons (Fsp3) is 0.381. The molecule has 1 saturated carbocycles. The number of aliphatic hydroxyl groups is 1. The van der Waals surface area contributed by atoms with Crippen LogP contribution in [0.25, 0.3) is 22.0 Å². The number of nitrogens with one attached hydrogen (secondary N) is 2. The largest absolute Gasteiger partial charge is 0.391 e. The normalized spacial score (nSPS) is 20.2. The molecule has 1 aromatic heterocycles. The second-order valence-corrected chi connectivity index (χ2v) is 9.54. The lowest BCUT2D eigenvalue weighted by molar-refractivity contribution is 0.101. The van der Waals surface area contributed by atoms with E-state index in [0.717, 1.165) is 46.0 Å². The Hall–Kier alpha value is -2.42. The zero-order chi connectivity index (χ0) is 20.8. The molecule has 0 aliphatic heterocycles. The molecule has 3 aromatic rings. The van der Waals surface area contributed by atoms with Crippen LogP contribution in [-0.4, -0.2) is 35.9 Å². The van der Waals surface area contributed by atoms with Gasteiger partial charge in [0.2, 0.25) is 10.0 Å². The van der Waals surface area contributed by atoms with Crippen LogP contribution in [0, 0.1) is 13.8 Å². The standard InChI is InChI=1S/C21H26N4O3S/c1-12-11-14(29(27,28)25-17-5-3-4-6-19(17)26)7-8-15(12)16-9-10-18-20(13(16)2)21(22)24-23-18/h7-11,17,19,25-26H,3-6H2,1-2H3,(H3,22,23,24)/t17-,19-/m1/s1. The summed E-state index contributed by atoms with van der Waals surface area (Å²) in [5.41, 5.74) is 10.6. The highest BCUT2D eigenvalue weighted by Crippen LogP contribution is 2.34. The van der Waals surface area contributed by atoms with Crippen molar-refractivity contribution in [3.63, 3.8) is 0 Å². The zero-order valence-corrected chi connectivity index (χ0v) is 17.4. The molecule has 29 heavy (non-hydrogen) atoms. The first-order valence-corrected chi connectivity index (χ1v) is 11.3. The van der Waals surface area contributed by atoms with E-state index in [1.165, 1.54) is 0 Å². The molecule has 1 aliphatic carbocycles. The molecule has 0 radical (unpaired) electrons. The molecular weight excluding hydrogens is 388 g/mol. The van der Waals surface area contributed by atoms with E-state index in [1.807, 2.05) is 32.0 Å². The third-order valence-corrected chi connectivity index (χ3v) is 7.34. The molecule has 0 saturated heterocycles. The Morgan fingerprint density at radius 2 is 1.86 bits per heavy atom. The molecule has 0 amide bonds. The molecular formula is C21H26N4O3S. The van der Waals surface area contributed by atoms with Crippen LogP contribution in [0.2, 0.25) is 0 Å². The minimum atomic E-state index is -3.70. The molecule has 154 valence electrons. The summed E-state index contributed by atoms with van der Waals surface area (Å²) in [6, 6.07) is 8.60. The Morgan fingerprint density at radius 1 is 1.14 bits per heavy atom. The van der Waals surface area contributed by atoms with E-state index in [2.05, 4.69) is 14.9 Å². The second kappa shape index (κ2) is 7.44. The molecule has 5 N–H and O–H groups in total. The Bertz CT molecular complexity index is 1170. The Kier molecular flexibility index (Phi) is 5.10. The van der Waals surface area contributed by atoms with Gasteiger partial charge in [-0.1, -0.05) is 25.0 Å². The number of benzene rings is 2. The molecule has 7 nitrogen and oxygen atoms in total. The van der Waals surface area contributed by atoms with Gasteiger partial charge in [0.1, 0.15) is 0 Å². The number of aryl methyl sites for hydroxylation is 2. The molecule has 1 fully saturated rings. The van der Waals surface area contributed by atoms with Crippen molar-refractivity contribution in [1.82, 2.24) is 14.9 Å². The van der Waals surface area contributed by atoms with Crippen molar-refractivity contribution >= 4 is 26.7 Å². The van der Waals surface area contributed by atoms with Crippen molar-refractivity contribution in [1.29, 1.82) is 0 Å². The molecule has 1 aliphatic rings. The molecule has 0 unspecified atom stereocenters. The van der Waals surface area contributed by atoms with Gasteiger partial charge >= 0.3 is 0 Å². The number of nitrogens with two attached hydrogens (primary N) is 1. The molecule has 0 bridgehead atoms. The third-order valence-electron chi connectivity index (χ3n) is 5.85. The van der Waals surface area contributed by atoms with Gasteiger partial charge in [-0.25, -0.2) is 13.1 Å². The Morgan fingerprint density at radius 3 is 2.59 bits per heavy atom. The fourth-order valence-corrected chi connectivity index (χ4v) is 5.61. The monoisotopic (exact) mass is 414 g/mol. The van der Waals surface area contributed by atoms with Crippen LogP contribution in [0.4, 0.5) is 5.82 Å². The minimum absolute atomic E-state index is 0.207. The fourth-order valence-electron chi connectivity index (χ4n) is 4.22. The van der Waals surface area contributed by atoms with Crippen LogP contribution in [0.3, 0.4) is 0 Å². The maximum Gasteiger partial charge on any atom is 0.240 e. The number of H-pyrrole nitrogens is 1. The molecule has 8 heteroatoms. The summed E-state index contributed by atoms with van der Waals surface area (Å²) in [4.78, 5) is 0.207. The number of nitrogen functional groups attached to an aromatic ring is 1. The topological polar surface area (TPSA) is 121 Å². The van der Waals surface area contributed by atoms with Gasteiger partial charge in [0.25, 0.3) is 0 Å². The van der Waals surface area contributed by atoms with E-state index in [0.29, 0.717) is 18.7 Å². The van der Waals surface area contributed by atoms with Crippen LogP contribution < -0.4 is 10.5 Å². The van der Waals surface area contributed by atoms with Gasteiger partial charge in [-0.2, -0.15) is 5.10 Å². The Balaban J connectivity index is 1.68. The number of aliphatic hydroxyl groups excluding tert-OH is 1. The van der Waals surface area contributed by atoms with E-state index in [1.54, 1.807) is 12.1 Å². The first-order chi connectivity index (χ1) is 13.8. The van der Waals surface area contributed by atoms with Gasteiger partial charge < -0.3 is 10.8 Å².